The number of nitrogens with zero attached hydrogens (tertiary/aromatic N) is 8. The average Bonchev–Trinajstić information content (AvgIpc) is 2.99. The largest absolute Gasteiger partial charge is 0.721 e. The van der Waals surface area contributed by atoms with Crippen LogP contribution < -0.4 is 9.75 Å². The molecular formula is C16H20N8O. The third kappa shape index (κ3) is 3.36. The Balaban J connectivity index is 1.28. The molecule has 9 heteroatoms. The minimum absolute atomic E-state index is 0.318. The van der Waals surface area contributed by atoms with E-state index >= 15 is 0 Å². The van der Waals surface area contributed by atoms with Crippen LogP contribution in [0.1, 0.15) is 6.42 Å². The Morgan fingerprint density at radius 1 is 1.08 bits per heavy atom. The van der Waals surface area contributed by atoms with Gasteiger partial charge < -0.3 is 10.1 Å². The zero-order valence-electron chi connectivity index (χ0n) is 13.9. The minimum Gasteiger partial charge on any atom is -0.721 e. The van der Waals surface area contributed by atoms with Crippen LogP contribution in [-0.2, 0) is 6.54 Å². The third-order valence-corrected chi connectivity index (χ3v) is 4.51. The molecule has 0 bridgehead atoms. The van der Waals surface area contributed by atoms with Crippen molar-refractivity contribution in [3.8, 4) is 0 Å². The van der Waals surface area contributed by atoms with E-state index in [0.717, 1.165) is 45.0 Å². The van der Waals surface area contributed by atoms with Gasteiger partial charge in [-0.25, -0.2) is 9.97 Å². The summed E-state index contributed by atoms with van der Waals surface area (Å²) in [5, 5.41) is 15.7. The van der Waals surface area contributed by atoms with Crippen molar-refractivity contribution in [2.45, 2.75) is 13.0 Å². The van der Waals surface area contributed by atoms with Gasteiger partial charge in [0.2, 0.25) is 5.52 Å². The Bertz CT molecular complexity index is 829. The minimum atomic E-state index is 0.318. The summed E-state index contributed by atoms with van der Waals surface area (Å²) in [7, 11) is 0. The number of hydrogen-bond donors (Lipinski definition) is 0. The number of anilines is 1. The summed E-state index contributed by atoms with van der Waals surface area (Å²) >= 11 is 0. The lowest BCUT2D eigenvalue weighted by Gasteiger charge is -2.35. The molecule has 1 saturated heterocycles. The number of hydrogen-bond acceptors (Lipinski definition) is 7. The maximum absolute atomic E-state index is 11.7. The predicted molar refractivity (Wildman–Crippen MR) is 91.8 cm³/mol. The molecule has 1 fully saturated rings. The van der Waals surface area contributed by atoms with Crippen LogP contribution in [0.25, 0.3) is 11.2 Å². The third-order valence-electron chi connectivity index (χ3n) is 4.51. The Labute approximate surface area is 145 Å². The summed E-state index contributed by atoms with van der Waals surface area (Å²) in [4.78, 5) is 17.7. The highest BCUT2D eigenvalue weighted by atomic mass is 16.5. The fraction of sp³-hybridized carbons (Fsp3) is 0.438. The molecular weight excluding hydrogens is 320 g/mol. The second-order valence-electron chi connectivity index (χ2n) is 6.09. The molecule has 0 saturated carbocycles. The van der Waals surface area contributed by atoms with Crippen molar-refractivity contribution in [3.63, 3.8) is 0 Å². The fourth-order valence-electron chi connectivity index (χ4n) is 3.18. The van der Waals surface area contributed by atoms with Crippen molar-refractivity contribution in [2.24, 2.45) is 0 Å². The van der Waals surface area contributed by atoms with Crippen LogP contribution >= 0.6 is 0 Å². The van der Waals surface area contributed by atoms with Gasteiger partial charge in [0.1, 0.15) is 5.82 Å². The summed E-state index contributed by atoms with van der Waals surface area (Å²) < 4.78 is 1.69. The summed E-state index contributed by atoms with van der Waals surface area (Å²) in [6.07, 6.45) is 5.76. The van der Waals surface area contributed by atoms with Gasteiger partial charge in [0.05, 0.1) is 12.7 Å². The first-order valence-corrected chi connectivity index (χ1v) is 8.46. The Morgan fingerprint density at radius 2 is 1.96 bits per heavy atom. The standard InChI is InChI=1S/C16H20N8O/c25-24-16-14(12-17-13-19-16)23(20-24)7-3-6-21-8-10-22(11-9-21)15-4-1-2-5-18-15/h1-2,4-5,12-13H,3,6-11H2. The van der Waals surface area contributed by atoms with Gasteiger partial charge >= 0.3 is 5.65 Å². The monoisotopic (exact) mass is 340 g/mol. The molecule has 3 aromatic rings. The number of pyridine rings is 1. The Hall–Kier alpha value is -2.81. The molecule has 4 rings (SSSR count). The molecule has 0 aliphatic carbocycles. The quantitative estimate of drug-likeness (QED) is 0.479. The molecule has 3 aromatic heterocycles. The summed E-state index contributed by atoms with van der Waals surface area (Å²) in [5.41, 5.74) is 0.997. The number of aryl methyl sites for hydroxylation is 1. The molecule has 130 valence electrons. The van der Waals surface area contributed by atoms with Crippen LogP contribution in [-0.4, -0.2) is 62.5 Å². The number of aromatic nitrogens is 6. The van der Waals surface area contributed by atoms with Crippen molar-refractivity contribution in [2.75, 3.05) is 37.6 Å². The van der Waals surface area contributed by atoms with Crippen molar-refractivity contribution in [1.29, 1.82) is 0 Å². The Morgan fingerprint density at radius 3 is 2.76 bits per heavy atom. The average molecular weight is 340 g/mol. The van der Waals surface area contributed by atoms with Crippen LogP contribution in [0.5, 0.6) is 0 Å². The number of piperazine rings is 1. The van der Waals surface area contributed by atoms with Crippen LogP contribution in [0.2, 0.25) is 0 Å². The topological polar surface area (TPSA) is 89.9 Å². The molecule has 0 spiro atoms. The van der Waals surface area contributed by atoms with Crippen LogP contribution in [0, 0.1) is 5.21 Å². The molecule has 1 aliphatic heterocycles. The maximum Gasteiger partial charge on any atom is 0.327 e. The van der Waals surface area contributed by atoms with E-state index in [9.17, 15) is 5.21 Å². The van der Waals surface area contributed by atoms with Gasteiger partial charge in [0, 0.05) is 44.1 Å². The summed E-state index contributed by atoms with van der Waals surface area (Å²) in [6.45, 7) is 5.65. The molecule has 1 aliphatic rings. The van der Waals surface area contributed by atoms with Crippen molar-refractivity contribution in [3.05, 3.63) is 42.1 Å². The van der Waals surface area contributed by atoms with Crippen molar-refractivity contribution in [1.82, 2.24) is 29.7 Å². The van der Waals surface area contributed by atoms with Gasteiger partial charge in [-0.1, -0.05) is 11.1 Å². The highest BCUT2D eigenvalue weighted by Crippen LogP contribution is 2.13. The molecule has 0 unspecified atom stereocenters. The van der Waals surface area contributed by atoms with Gasteiger partial charge in [0.25, 0.3) is 0 Å². The lowest BCUT2D eigenvalue weighted by atomic mass is 10.2. The van der Waals surface area contributed by atoms with E-state index in [4.69, 9.17) is 0 Å². The van der Waals surface area contributed by atoms with E-state index < -0.39 is 0 Å². The summed E-state index contributed by atoms with van der Waals surface area (Å²) in [5.74, 6) is 1.05. The zero-order valence-corrected chi connectivity index (χ0v) is 13.9. The molecule has 25 heavy (non-hydrogen) atoms. The van der Waals surface area contributed by atoms with E-state index in [1.807, 2.05) is 18.3 Å². The van der Waals surface area contributed by atoms with Crippen LogP contribution in [0.4, 0.5) is 5.82 Å². The lowest BCUT2D eigenvalue weighted by molar-refractivity contribution is -0.648. The molecule has 0 N–H and O–H groups in total. The van der Waals surface area contributed by atoms with Gasteiger partial charge in [0.15, 0.2) is 6.33 Å². The fourth-order valence-corrected chi connectivity index (χ4v) is 3.18. The first-order valence-electron chi connectivity index (χ1n) is 8.46. The molecule has 9 nitrogen and oxygen atoms in total. The van der Waals surface area contributed by atoms with Crippen molar-refractivity contribution >= 4 is 17.0 Å². The molecule has 0 radical (unpaired) electrons. The second kappa shape index (κ2) is 6.98. The van der Waals surface area contributed by atoms with E-state index in [-0.39, 0.29) is 0 Å². The molecule has 0 aromatic carbocycles. The van der Waals surface area contributed by atoms with Gasteiger partial charge in [-0.2, -0.15) is 4.68 Å². The summed E-state index contributed by atoms with van der Waals surface area (Å²) in [6, 6.07) is 6.02. The first-order chi connectivity index (χ1) is 12.3. The van der Waals surface area contributed by atoms with E-state index in [1.165, 1.54) is 6.33 Å². The van der Waals surface area contributed by atoms with E-state index in [1.54, 1.807) is 10.9 Å². The number of rotatable bonds is 5. The SMILES string of the molecule is [O-][n+]1nn(CCCN2CCN(c3ccccn3)CC2)c2cncnc21. The van der Waals surface area contributed by atoms with E-state index in [0.29, 0.717) is 22.6 Å². The molecule has 0 amide bonds. The predicted octanol–water partition coefficient (Wildman–Crippen LogP) is 0.0670. The van der Waals surface area contributed by atoms with Gasteiger partial charge in [-0.3, -0.25) is 4.90 Å². The van der Waals surface area contributed by atoms with Crippen molar-refractivity contribution < 1.29 is 4.85 Å². The molecule has 4 heterocycles. The van der Waals surface area contributed by atoms with Gasteiger partial charge in [-0.05, 0) is 18.6 Å². The van der Waals surface area contributed by atoms with Gasteiger partial charge in [-0.15, -0.1) is 4.85 Å². The lowest BCUT2D eigenvalue weighted by Crippen LogP contribution is -2.47. The Kier molecular flexibility index (Phi) is 4.38. The first kappa shape index (κ1) is 15.7. The normalized spacial score (nSPS) is 15.8. The smallest absolute Gasteiger partial charge is 0.327 e. The molecule has 0 atom stereocenters. The van der Waals surface area contributed by atoms with E-state index in [2.05, 4.69) is 36.0 Å². The van der Waals surface area contributed by atoms with Crippen LogP contribution in [0.15, 0.2) is 36.9 Å². The second-order valence-corrected chi connectivity index (χ2v) is 6.09. The number of fused-ring (bicyclic) bond motifs is 1. The van der Waals surface area contributed by atoms with Crippen LogP contribution in [0.3, 0.4) is 0 Å². The highest BCUT2D eigenvalue weighted by molar-refractivity contribution is 5.64. The highest BCUT2D eigenvalue weighted by Gasteiger charge is 2.18. The maximum atomic E-state index is 11.7. The zero-order chi connectivity index (χ0) is 17.1.